The maximum atomic E-state index is 12.5. The number of nitrogens with one attached hydrogen (secondary N) is 1. The highest BCUT2D eigenvalue weighted by Crippen LogP contribution is 2.37. The van der Waals surface area contributed by atoms with Crippen LogP contribution in [-0.4, -0.2) is 54.6 Å². The van der Waals surface area contributed by atoms with Gasteiger partial charge in [-0.15, -0.1) is 0 Å². The molecule has 0 radical (unpaired) electrons. The number of hydrogen-bond acceptors (Lipinski definition) is 6. The number of hydrogen-bond donors (Lipinski definition) is 1. The van der Waals surface area contributed by atoms with Gasteiger partial charge >= 0.3 is 0 Å². The first kappa shape index (κ1) is 15.5. The summed E-state index contributed by atoms with van der Waals surface area (Å²) < 4.78 is 10.8. The Balaban J connectivity index is 1.86. The largest absolute Gasteiger partial charge is 0.486 e. The smallest absolute Gasteiger partial charge is 0.277 e. The second-order valence-corrected chi connectivity index (χ2v) is 5.70. The number of carbonyl (C=O) groups excluding carboxylic acids is 1. The van der Waals surface area contributed by atoms with E-state index >= 15 is 0 Å². The van der Waals surface area contributed by atoms with Gasteiger partial charge in [-0.2, -0.15) is 0 Å². The fraction of sp³-hybridized carbons (Fsp3) is 0.533. The first-order chi connectivity index (χ1) is 11.1. The molecule has 1 saturated heterocycles. The molecule has 1 N–H and O–H groups in total. The lowest BCUT2D eigenvalue weighted by Gasteiger charge is -2.34. The lowest BCUT2D eigenvalue weighted by molar-refractivity contribution is -0.385. The quantitative estimate of drug-likeness (QED) is 0.651. The number of benzene rings is 1. The van der Waals surface area contributed by atoms with Crippen LogP contribution >= 0.6 is 0 Å². The van der Waals surface area contributed by atoms with Crippen LogP contribution in [0.1, 0.15) is 12.5 Å². The first-order valence-electron chi connectivity index (χ1n) is 7.63. The molecule has 23 heavy (non-hydrogen) atoms. The number of ether oxygens (including phenoxy) is 2. The number of carbonyl (C=O) groups is 1. The molecule has 1 fully saturated rings. The van der Waals surface area contributed by atoms with Gasteiger partial charge in [0, 0.05) is 31.2 Å². The van der Waals surface area contributed by atoms with Gasteiger partial charge in [-0.25, -0.2) is 0 Å². The predicted molar refractivity (Wildman–Crippen MR) is 81.8 cm³/mol. The molecule has 2 aliphatic rings. The molecule has 0 aliphatic carbocycles. The Morgan fingerprint density at radius 3 is 2.74 bits per heavy atom. The summed E-state index contributed by atoms with van der Waals surface area (Å²) in [6.07, 6.45) is -0.0166. The van der Waals surface area contributed by atoms with Crippen molar-refractivity contribution in [1.29, 1.82) is 0 Å². The van der Waals surface area contributed by atoms with E-state index in [9.17, 15) is 14.9 Å². The van der Waals surface area contributed by atoms with E-state index in [0.717, 1.165) is 13.1 Å². The molecule has 0 unspecified atom stereocenters. The van der Waals surface area contributed by atoms with E-state index < -0.39 is 4.92 Å². The van der Waals surface area contributed by atoms with Gasteiger partial charge in [-0.1, -0.05) is 0 Å². The van der Waals surface area contributed by atoms with E-state index in [4.69, 9.17) is 9.47 Å². The molecule has 0 bridgehead atoms. The molecule has 2 aliphatic heterocycles. The molecule has 0 saturated carbocycles. The monoisotopic (exact) mass is 321 g/mol. The van der Waals surface area contributed by atoms with Gasteiger partial charge in [-0.3, -0.25) is 14.9 Å². The van der Waals surface area contributed by atoms with Crippen LogP contribution in [0.4, 0.5) is 5.69 Å². The summed E-state index contributed by atoms with van der Waals surface area (Å²) in [5.74, 6) is 0.700. The standard InChI is InChI=1S/C15H19N3O5/c1-10-9-16-2-3-17(10)15(19)7-11-6-13-14(23-5-4-22-13)8-12(11)18(20)21/h6,8,10,16H,2-5,7,9H2,1H3/t10-/m0/s1. The van der Waals surface area contributed by atoms with E-state index in [1.54, 1.807) is 11.0 Å². The topological polar surface area (TPSA) is 93.9 Å². The van der Waals surface area contributed by atoms with E-state index in [1.165, 1.54) is 6.07 Å². The summed E-state index contributed by atoms with van der Waals surface area (Å²) in [7, 11) is 0. The molecule has 8 nitrogen and oxygen atoms in total. The van der Waals surface area contributed by atoms with Crippen LogP contribution in [0.15, 0.2) is 12.1 Å². The second-order valence-electron chi connectivity index (χ2n) is 5.70. The number of nitro benzene ring substituents is 1. The zero-order valence-electron chi connectivity index (χ0n) is 12.9. The minimum Gasteiger partial charge on any atom is -0.486 e. The third kappa shape index (κ3) is 3.21. The van der Waals surface area contributed by atoms with Crippen LogP contribution in [0.2, 0.25) is 0 Å². The van der Waals surface area contributed by atoms with Crippen molar-refractivity contribution in [2.75, 3.05) is 32.8 Å². The summed E-state index contributed by atoms with van der Waals surface area (Å²) in [5, 5.41) is 14.5. The number of piperazine rings is 1. The Morgan fingerprint density at radius 1 is 1.39 bits per heavy atom. The lowest BCUT2D eigenvalue weighted by Crippen LogP contribution is -2.52. The van der Waals surface area contributed by atoms with Gasteiger partial charge in [0.1, 0.15) is 13.2 Å². The zero-order chi connectivity index (χ0) is 16.4. The van der Waals surface area contributed by atoms with Crippen molar-refractivity contribution >= 4 is 11.6 Å². The molecule has 1 amide bonds. The highest BCUT2D eigenvalue weighted by molar-refractivity contribution is 5.81. The zero-order valence-corrected chi connectivity index (χ0v) is 12.9. The summed E-state index contributed by atoms with van der Waals surface area (Å²) >= 11 is 0. The summed E-state index contributed by atoms with van der Waals surface area (Å²) in [5.41, 5.74) is 0.250. The number of fused-ring (bicyclic) bond motifs is 1. The number of amides is 1. The Kier molecular flexibility index (Phi) is 4.33. The highest BCUT2D eigenvalue weighted by Gasteiger charge is 2.27. The maximum Gasteiger partial charge on any atom is 0.277 e. The average molecular weight is 321 g/mol. The Morgan fingerprint density at radius 2 is 2.09 bits per heavy atom. The summed E-state index contributed by atoms with van der Waals surface area (Å²) in [6.45, 7) is 4.79. The van der Waals surface area contributed by atoms with Crippen molar-refractivity contribution in [3.63, 3.8) is 0 Å². The third-order valence-electron chi connectivity index (χ3n) is 4.10. The molecule has 1 aromatic rings. The van der Waals surface area contributed by atoms with Crippen LogP contribution in [0.25, 0.3) is 0 Å². The van der Waals surface area contributed by atoms with E-state index in [0.29, 0.717) is 36.8 Å². The van der Waals surface area contributed by atoms with Crippen LogP contribution in [0, 0.1) is 10.1 Å². The lowest BCUT2D eigenvalue weighted by atomic mass is 10.1. The van der Waals surface area contributed by atoms with Gasteiger partial charge < -0.3 is 19.7 Å². The number of nitro groups is 1. The Hall–Kier alpha value is -2.35. The Bertz CT molecular complexity index is 634. The highest BCUT2D eigenvalue weighted by atomic mass is 16.6. The fourth-order valence-electron chi connectivity index (χ4n) is 2.91. The van der Waals surface area contributed by atoms with Crippen molar-refractivity contribution in [3.05, 3.63) is 27.8 Å². The van der Waals surface area contributed by atoms with Gasteiger partial charge in [-0.05, 0) is 13.0 Å². The van der Waals surface area contributed by atoms with Crippen LogP contribution < -0.4 is 14.8 Å². The van der Waals surface area contributed by atoms with Crippen LogP contribution in [-0.2, 0) is 11.2 Å². The second kappa shape index (κ2) is 6.41. The molecule has 1 aromatic carbocycles. The van der Waals surface area contributed by atoms with Gasteiger partial charge in [0.15, 0.2) is 11.5 Å². The number of nitrogens with zero attached hydrogens (tertiary/aromatic N) is 2. The maximum absolute atomic E-state index is 12.5. The van der Waals surface area contributed by atoms with Crippen LogP contribution in [0.3, 0.4) is 0 Å². The van der Waals surface area contributed by atoms with Crippen molar-refractivity contribution in [1.82, 2.24) is 10.2 Å². The van der Waals surface area contributed by atoms with Gasteiger partial charge in [0.05, 0.1) is 17.4 Å². The van der Waals surface area contributed by atoms with Crippen LogP contribution in [0.5, 0.6) is 11.5 Å². The molecular weight excluding hydrogens is 302 g/mol. The van der Waals surface area contributed by atoms with Crippen molar-refractivity contribution in [2.45, 2.75) is 19.4 Å². The van der Waals surface area contributed by atoms with Crippen molar-refractivity contribution in [2.24, 2.45) is 0 Å². The fourth-order valence-corrected chi connectivity index (χ4v) is 2.91. The molecule has 2 heterocycles. The predicted octanol–water partition coefficient (Wildman–Crippen LogP) is 0.729. The third-order valence-corrected chi connectivity index (χ3v) is 4.10. The van der Waals surface area contributed by atoms with Gasteiger partial charge in [0.25, 0.3) is 5.69 Å². The SMILES string of the molecule is C[C@H]1CNCCN1C(=O)Cc1cc2c(cc1[N+](=O)[O-])OCCO2. The summed E-state index contributed by atoms with van der Waals surface area (Å²) in [6, 6.07) is 2.97. The molecule has 124 valence electrons. The molecule has 0 spiro atoms. The Labute approximate surface area is 133 Å². The van der Waals surface area contributed by atoms with E-state index in [2.05, 4.69) is 5.32 Å². The molecule has 0 aromatic heterocycles. The van der Waals surface area contributed by atoms with Crippen molar-refractivity contribution in [3.8, 4) is 11.5 Å². The number of rotatable bonds is 3. The van der Waals surface area contributed by atoms with E-state index in [-0.39, 0.29) is 24.1 Å². The summed E-state index contributed by atoms with van der Waals surface area (Å²) in [4.78, 5) is 25.1. The normalized spacial score (nSPS) is 20.2. The minimum atomic E-state index is -0.484. The van der Waals surface area contributed by atoms with Crippen molar-refractivity contribution < 1.29 is 19.2 Å². The molecule has 1 atom stereocenters. The average Bonchev–Trinajstić information content (AvgIpc) is 2.54. The molecular formula is C15H19N3O5. The molecule has 8 heteroatoms. The first-order valence-corrected chi connectivity index (χ1v) is 7.63. The van der Waals surface area contributed by atoms with E-state index in [1.807, 2.05) is 6.92 Å². The van der Waals surface area contributed by atoms with Gasteiger partial charge in [0.2, 0.25) is 5.91 Å². The molecule has 3 rings (SSSR count). The minimum absolute atomic E-state index is 0.0166.